The second kappa shape index (κ2) is 5.83. The van der Waals surface area contributed by atoms with Gasteiger partial charge < -0.3 is 11.6 Å². The number of nitrogen functional groups attached to an aromatic ring is 1. The highest BCUT2D eigenvalue weighted by Gasteiger charge is 2.22. The third-order valence-corrected chi connectivity index (χ3v) is 3.61. The van der Waals surface area contributed by atoms with E-state index in [0.29, 0.717) is 0 Å². The van der Waals surface area contributed by atoms with E-state index in [2.05, 4.69) is 20.3 Å². The van der Waals surface area contributed by atoms with Crippen LogP contribution in [0.4, 0.5) is 5.82 Å². The van der Waals surface area contributed by atoms with Gasteiger partial charge in [-0.15, -0.1) is 5.11 Å². The fraction of sp³-hybridized carbons (Fsp3) is 0. The number of nitrogens with two attached hydrogens (primary N) is 3. The summed E-state index contributed by atoms with van der Waals surface area (Å²) < 4.78 is 23.5. The van der Waals surface area contributed by atoms with E-state index in [-0.39, 0.29) is 27.5 Å². The van der Waals surface area contributed by atoms with Gasteiger partial charge in [0.1, 0.15) is 5.82 Å². The molecule has 0 saturated carbocycles. The van der Waals surface area contributed by atoms with E-state index in [1.807, 2.05) is 0 Å². The maximum Gasteiger partial charge on any atom is 0.238 e. The van der Waals surface area contributed by atoms with Crippen LogP contribution in [-0.4, -0.2) is 24.2 Å². The van der Waals surface area contributed by atoms with Crippen molar-refractivity contribution in [2.45, 2.75) is 4.90 Å². The van der Waals surface area contributed by atoms with Crippen LogP contribution in [0.1, 0.15) is 5.56 Å². The standard InChI is InChI=1S/C11H12N8O2S/c12-9-5-16-4-7(17-9)6-2-1-3-8(22(15,20)21)10(6)11(13)18-19-14/h1-5H,(H2,12,17)(H3,13,14,18)(H2,15,20,21). The topological polar surface area (TPSA) is 187 Å². The summed E-state index contributed by atoms with van der Waals surface area (Å²) in [5.74, 6) is 4.58. The van der Waals surface area contributed by atoms with Crippen LogP contribution < -0.4 is 16.7 Å². The first kappa shape index (κ1) is 15.5. The fourth-order valence-electron chi connectivity index (χ4n) is 1.84. The lowest BCUT2D eigenvalue weighted by Gasteiger charge is -2.11. The molecule has 0 spiro atoms. The van der Waals surface area contributed by atoms with E-state index in [4.69, 9.17) is 22.1 Å². The highest BCUT2D eigenvalue weighted by molar-refractivity contribution is 7.89. The molecule has 0 amide bonds. The molecule has 22 heavy (non-hydrogen) atoms. The Hall–Kier alpha value is -2.92. The molecule has 0 atom stereocenters. The lowest BCUT2D eigenvalue weighted by Crippen LogP contribution is -2.17. The molecule has 0 unspecified atom stereocenters. The number of nitrogens with zero attached hydrogens (tertiary/aromatic N) is 4. The van der Waals surface area contributed by atoms with Gasteiger partial charge in [0.15, 0.2) is 5.84 Å². The summed E-state index contributed by atoms with van der Waals surface area (Å²) in [5, 5.41) is 19.4. The van der Waals surface area contributed by atoms with Crippen LogP contribution in [0.3, 0.4) is 0 Å². The zero-order valence-electron chi connectivity index (χ0n) is 11.1. The molecule has 7 N–H and O–H groups in total. The van der Waals surface area contributed by atoms with Crippen molar-refractivity contribution in [2.75, 3.05) is 5.73 Å². The van der Waals surface area contributed by atoms with Crippen LogP contribution in [0.2, 0.25) is 0 Å². The molecule has 0 aliphatic rings. The number of hydrogen-bond donors (Lipinski definition) is 4. The van der Waals surface area contributed by atoms with E-state index < -0.39 is 15.9 Å². The van der Waals surface area contributed by atoms with Crippen molar-refractivity contribution in [3.8, 4) is 11.3 Å². The molecule has 1 heterocycles. The first-order valence-corrected chi connectivity index (χ1v) is 7.32. The third kappa shape index (κ3) is 3.05. The summed E-state index contributed by atoms with van der Waals surface area (Å²) in [7, 11) is -4.10. The maximum atomic E-state index is 11.7. The number of hydrogen-bond acceptors (Lipinski definition) is 7. The molecule has 114 valence electrons. The van der Waals surface area contributed by atoms with Crippen molar-refractivity contribution in [3.05, 3.63) is 36.2 Å². The normalized spacial score (nSPS) is 11.7. The number of aromatic nitrogens is 2. The summed E-state index contributed by atoms with van der Waals surface area (Å²) in [4.78, 5) is 7.63. The van der Waals surface area contributed by atoms with Crippen LogP contribution in [0.5, 0.6) is 0 Å². The molecule has 0 bridgehead atoms. The van der Waals surface area contributed by atoms with Gasteiger partial charge in [-0.3, -0.25) is 10.4 Å². The van der Waals surface area contributed by atoms with Gasteiger partial charge in [-0.1, -0.05) is 17.4 Å². The zero-order chi connectivity index (χ0) is 16.3. The van der Waals surface area contributed by atoms with Gasteiger partial charge in [-0.05, 0) is 6.07 Å². The molecular weight excluding hydrogens is 308 g/mol. The monoisotopic (exact) mass is 320 g/mol. The zero-order valence-corrected chi connectivity index (χ0v) is 11.9. The molecule has 0 saturated heterocycles. The number of sulfonamides is 1. The van der Waals surface area contributed by atoms with Crippen LogP contribution >= 0.6 is 0 Å². The van der Waals surface area contributed by atoms with Gasteiger partial charge >= 0.3 is 0 Å². The highest BCUT2D eigenvalue weighted by Crippen LogP contribution is 2.28. The van der Waals surface area contributed by atoms with E-state index in [1.54, 1.807) is 0 Å². The van der Waals surface area contributed by atoms with Gasteiger partial charge in [-0.2, -0.15) is 0 Å². The highest BCUT2D eigenvalue weighted by atomic mass is 32.2. The summed E-state index contributed by atoms with van der Waals surface area (Å²) in [6.07, 6.45) is 2.70. The number of anilines is 1. The minimum atomic E-state index is -4.10. The number of rotatable bonds is 3. The van der Waals surface area contributed by atoms with Gasteiger partial charge in [-0.25, -0.2) is 18.5 Å². The summed E-state index contributed by atoms with van der Waals surface area (Å²) >= 11 is 0. The summed E-state index contributed by atoms with van der Waals surface area (Å²) in [5.41, 5.74) is 6.02. The van der Waals surface area contributed by atoms with Crippen molar-refractivity contribution >= 4 is 21.7 Å². The Morgan fingerprint density at radius 2 is 2.00 bits per heavy atom. The third-order valence-electron chi connectivity index (χ3n) is 2.66. The van der Waals surface area contributed by atoms with E-state index in [9.17, 15) is 8.42 Å². The van der Waals surface area contributed by atoms with E-state index in [1.165, 1.54) is 30.6 Å². The number of primary sulfonamides is 1. The number of nitrogens with one attached hydrogen (secondary N) is 1. The van der Waals surface area contributed by atoms with Crippen molar-refractivity contribution < 1.29 is 8.42 Å². The van der Waals surface area contributed by atoms with Crippen molar-refractivity contribution in [1.82, 2.24) is 9.97 Å². The molecule has 0 radical (unpaired) electrons. The van der Waals surface area contributed by atoms with Gasteiger partial charge in [0.05, 0.1) is 28.5 Å². The van der Waals surface area contributed by atoms with Gasteiger partial charge in [0.2, 0.25) is 10.0 Å². The van der Waals surface area contributed by atoms with Gasteiger partial charge in [0.25, 0.3) is 0 Å². The number of amidine groups is 1. The SMILES string of the molecule is N=C(N=NN)c1c(-c2cncc(N)n2)cccc1S(N)(=O)=O. The Labute approximate surface area is 125 Å². The minimum Gasteiger partial charge on any atom is -0.382 e. The molecule has 2 rings (SSSR count). The Morgan fingerprint density at radius 1 is 1.27 bits per heavy atom. The quantitative estimate of drug-likeness (QED) is 0.203. The van der Waals surface area contributed by atoms with E-state index in [0.717, 1.165) is 0 Å². The molecular formula is C11H12N8O2S. The average molecular weight is 320 g/mol. The molecule has 1 aromatic carbocycles. The van der Waals surface area contributed by atoms with Crippen molar-refractivity contribution in [1.29, 1.82) is 5.41 Å². The molecule has 0 aliphatic carbocycles. The van der Waals surface area contributed by atoms with Crippen LogP contribution in [-0.2, 0) is 10.0 Å². The smallest absolute Gasteiger partial charge is 0.238 e. The summed E-state index contributed by atoms with van der Waals surface area (Å²) in [6.45, 7) is 0. The van der Waals surface area contributed by atoms with Gasteiger partial charge in [0, 0.05) is 5.56 Å². The van der Waals surface area contributed by atoms with Crippen LogP contribution in [0.25, 0.3) is 11.3 Å². The number of benzene rings is 1. The minimum absolute atomic E-state index is 0.0842. The fourth-order valence-corrected chi connectivity index (χ4v) is 2.60. The Bertz CT molecular complexity index is 862. The predicted octanol–water partition coefficient (Wildman–Crippen LogP) is 0.0245. The first-order chi connectivity index (χ1) is 10.3. The Morgan fingerprint density at radius 3 is 2.59 bits per heavy atom. The van der Waals surface area contributed by atoms with Crippen LogP contribution in [0, 0.1) is 5.41 Å². The van der Waals surface area contributed by atoms with Crippen molar-refractivity contribution in [3.63, 3.8) is 0 Å². The molecule has 2 aromatic rings. The maximum absolute atomic E-state index is 11.7. The molecule has 10 nitrogen and oxygen atoms in total. The van der Waals surface area contributed by atoms with Crippen LogP contribution in [0.15, 0.2) is 45.8 Å². The second-order valence-electron chi connectivity index (χ2n) is 4.12. The molecule has 0 aliphatic heterocycles. The first-order valence-electron chi connectivity index (χ1n) is 5.78. The molecule has 0 fully saturated rings. The Kier molecular flexibility index (Phi) is 4.10. The predicted molar refractivity (Wildman–Crippen MR) is 79.1 cm³/mol. The molecule has 11 heteroatoms. The van der Waals surface area contributed by atoms with Crippen molar-refractivity contribution in [2.24, 2.45) is 21.3 Å². The Balaban J connectivity index is 2.82. The summed E-state index contributed by atoms with van der Waals surface area (Å²) in [6, 6.07) is 4.23. The average Bonchev–Trinajstić information content (AvgIpc) is 2.46. The van der Waals surface area contributed by atoms with E-state index >= 15 is 0 Å². The largest absolute Gasteiger partial charge is 0.382 e. The molecule has 1 aromatic heterocycles. The second-order valence-corrected chi connectivity index (χ2v) is 5.65. The lowest BCUT2D eigenvalue weighted by atomic mass is 10.0. The lowest BCUT2D eigenvalue weighted by molar-refractivity contribution is 0.597.